The zero-order valence-corrected chi connectivity index (χ0v) is 15.7. The van der Waals surface area contributed by atoms with Gasteiger partial charge in [0.25, 0.3) is 5.69 Å². The standard InChI is InChI=1S/C20H28NO2P/c1-3-5-6-7-8-9-10-11-12-13-19(4-2)24-20-16-14-18(15-17-20)21(22)23/h3,5,8-9,12-17,19,24H,4,6-7,10-11H2,1-2H3/b5-3-,9-8-,13-12-. The SMILES string of the molecule is C/C=C\CC/C=C\CC/C=C\C(CC)Pc1ccc([N+](=O)[O-])cc1. The highest BCUT2D eigenvalue weighted by Gasteiger charge is 2.07. The lowest BCUT2D eigenvalue weighted by atomic mass is 10.2. The van der Waals surface area contributed by atoms with E-state index in [1.807, 2.05) is 12.1 Å². The van der Waals surface area contributed by atoms with Crippen molar-refractivity contribution < 1.29 is 4.92 Å². The van der Waals surface area contributed by atoms with E-state index in [1.54, 1.807) is 12.1 Å². The zero-order valence-electron chi connectivity index (χ0n) is 14.7. The highest BCUT2D eigenvalue weighted by Crippen LogP contribution is 2.24. The lowest BCUT2D eigenvalue weighted by Gasteiger charge is -2.10. The topological polar surface area (TPSA) is 43.1 Å². The molecule has 3 nitrogen and oxygen atoms in total. The van der Waals surface area contributed by atoms with Crippen molar-refractivity contribution in [1.82, 2.24) is 0 Å². The average molecular weight is 345 g/mol. The molecule has 0 saturated heterocycles. The first-order chi connectivity index (χ1) is 11.7. The summed E-state index contributed by atoms with van der Waals surface area (Å²) in [4.78, 5) is 10.3. The van der Waals surface area contributed by atoms with Crippen LogP contribution in [0.5, 0.6) is 0 Å². The predicted octanol–water partition coefficient (Wildman–Crippen LogP) is 5.93. The highest BCUT2D eigenvalue weighted by molar-refractivity contribution is 7.48. The van der Waals surface area contributed by atoms with Gasteiger partial charge in [-0.1, -0.05) is 52.0 Å². The minimum absolute atomic E-state index is 0.161. The first-order valence-corrected chi connectivity index (χ1v) is 9.69. The molecule has 1 rings (SSSR count). The van der Waals surface area contributed by atoms with Crippen LogP contribution in [0, 0.1) is 10.1 Å². The molecule has 0 bridgehead atoms. The summed E-state index contributed by atoms with van der Waals surface area (Å²) in [5.41, 5.74) is 0.679. The van der Waals surface area contributed by atoms with Gasteiger partial charge in [0, 0.05) is 12.1 Å². The Kier molecular flexibility index (Phi) is 10.7. The number of nitro groups is 1. The van der Waals surface area contributed by atoms with E-state index < -0.39 is 0 Å². The molecule has 0 aliphatic rings. The van der Waals surface area contributed by atoms with E-state index in [2.05, 4.69) is 50.3 Å². The third-order valence-corrected chi connectivity index (χ3v) is 5.28. The Morgan fingerprint density at radius 1 is 1.04 bits per heavy atom. The number of nitrogens with zero attached hydrogens (tertiary/aromatic N) is 1. The van der Waals surface area contributed by atoms with Crippen LogP contribution >= 0.6 is 8.58 Å². The van der Waals surface area contributed by atoms with Crippen LogP contribution in [-0.4, -0.2) is 10.6 Å². The van der Waals surface area contributed by atoms with Gasteiger partial charge in [-0.05, 0) is 62.1 Å². The van der Waals surface area contributed by atoms with Gasteiger partial charge in [-0.25, -0.2) is 0 Å². The number of rotatable bonds is 11. The van der Waals surface area contributed by atoms with Gasteiger partial charge in [0.1, 0.15) is 0 Å². The molecule has 1 aromatic carbocycles. The summed E-state index contributed by atoms with van der Waals surface area (Å²) in [7, 11) is 0.662. The molecule has 4 heteroatoms. The lowest BCUT2D eigenvalue weighted by molar-refractivity contribution is -0.384. The third kappa shape index (κ3) is 8.79. The minimum Gasteiger partial charge on any atom is -0.258 e. The van der Waals surface area contributed by atoms with Crippen LogP contribution in [-0.2, 0) is 0 Å². The molecule has 0 aliphatic carbocycles. The van der Waals surface area contributed by atoms with E-state index in [9.17, 15) is 10.1 Å². The Balaban J connectivity index is 2.34. The number of hydrogen-bond acceptors (Lipinski definition) is 2. The summed E-state index contributed by atoms with van der Waals surface area (Å²) in [6.45, 7) is 4.24. The molecule has 0 spiro atoms. The van der Waals surface area contributed by atoms with Crippen LogP contribution in [0.25, 0.3) is 0 Å². The van der Waals surface area contributed by atoms with Crippen LogP contribution in [0.1, 0.15) is 46.0 Å². The second-order valence-corrected chi connectivity index (χ2v) is 7.19. The van der Waals surface area contributed by atoms with E-state index in [0.717, 1.165) is 32.1 Å². The molecule has 0 radical (unpaired) electrons. The largest absolute Gasteiger partial charge is 0.269 e. The van der Waals surface area contributed by atoms with Gasteiger partial charge in [0.15, 0.2) is 0 Å². The molecule has 0 fully saturated rings. The quantitative estimate of drug-likeness (QED) is 0.164. The lowest BCUT2D eigenvalue weighted by Crippen LogP contribution is -2.03. The summed E-state index contributed by atoms with van der Waals surface area (Å²) in [5.74, 6) is 0. The molecule has 130 valence electrons. The molecule has 0 amide bonds. The van der Waals surface area contributed by atoms with Crippen LogP contribution < -0.4 is 5.30 Å². The number of unbranched alkanes of at least 4 members (excludes halogenated alkanes) is 2. The van der Waals surface area contributed by atoms with Crippen molar-refractivity contribution in [1.29, 1.82) is 0 Å². The Morgan fingerprint density at radius 2 is 1.62 bits per heavy atom. The number of non-ortho nitro benzene ring substituents is 1. The number of allylic oxidation sites excluding steroid dienone is 6. The molecular formula is C20H28NO2P. The fraction of sp³-hybridized carbons (Fsp3) is 0.400. The summed E-state index contributed by atoms with van der Waals surface area (Å²) in [6, 6.07) is 6.94. The van der Waals surface area contributed by atoms with Crippen molar-refractivity contribution in [2.24, 2.45) is 0 Å². The molecule has 24 heavy (non-hydrogen) atoms. The second-order valence-electron chi connectivity index (χ2n) is 5.59. The Hall–Kier alpha value is -1.73. The Bertz CT molecular complexity index is 562. The molecule has 1 aromatic rings. The van der Waals surface area contributed by atoms with Crippen molar-refractivity contribution in [3.8, 4) is 0 Å². The van der Waals surface area contributed by atoms with E-state index >= 15 is 0 Å². The molecular weight excluding hydrogens is 317 g/mol. The normalized spacial score (nSPS) is 13.8. The molecule has 0 aromatic heterocycles. The third-order valence-electron chi connectivity index (χ3n) is 3.64. The van der Waals surface area contributed by atoms with Crippen molar-refractivity contribution in [3.05, 3.63) is 70.8 Å². The van der Waals surface area contributed by atoms with Gasteiger partial charge in [0.2, 0.25) is 0 Å². The van der Waals surface area contributed by atoms with Crippen LogP contribution in [0.15, 0.2) is 60.7 Å². The Labute approximate surface area is 147 Å². The molecule has 2 atom stereocenters. The van der Waals surface area contributed by atoms with Crippen molar-refractivity contribution in [3.63, 3.8) is 0 Å². The zero-order chi connectivity index (χ0) is 17.6. The monoisotopic (exact) mass is 345 g/mol. The van der Waals surface area contributed by atoms with Crippen molar-refractivity contribution >= 4 is 19.6 Å². The van der Waals surface area contributed by atoms with Crippen LogP contribution in [0.3, 0.4) is 0 Å². The predicted molar refractivity (Wildman–Crippen MR) is 107 cm³/mol. The molecule has 0 aliphatic heterocycles. The maximum Gasteiger partial charge on any atom is 0.269 e. The number of benzene rings is 1. The van der Waals surface area contributed by atoms with Crippen molar-refractivity contribution in [2.75, 3.05) is 0 Å². The summed E-state index contributed by atoms with van der Waals surface area (Å²) < 4.78 is 0. The Morgan fingerprint density at radius 3 is 2.17 bits per heavy atom. The molecule has 2 unspecified atom stereocenters. The first kappa shape index (κ1) is 20.3. The van der Waals surface area contributed by atoms with Crippen molar-refractivity contribution in [2.45, 2.75) is 51.6 Å². The van der Waals surface area contributed by atoms with Crippen LogP contribution in [0.2, 0.25) is 0 Å². The van der Waals surface area contributed by atoms with Gasteiger partial charge in [0.05, 0.1) is 4.92 Å². The van der Waals surface area contributed by atoms with Gasteiger partial charge in [-0.15, -0.1) is 0 Å². The fourth-order valence-corrected chi connectivity index (χ4v) is 3.45. The van der Waals surface area contributed by atoms with E-state index in [0.29, 0.717) is 14.2 Å². The average Bonchev–Trinajstić information content (AvgIpc) is 2.59. The van der Waals surface area contributed by atoms with E-state index in [1.165, 1.54) is 5.30 Å². The maximum absolute atomic E-state index is 10.7. The molecule has 0 N–H and O–H groups in total. The van der Waals surface area contributed by atoms with E-state index in [-0.39, 0.29) is 10.6 Å². The van der Waals surface area contributed by atoms with Gasteiger partial charge in [-0.3, -0.25) is 10.1 Å². The second kappa shape index (κ2) is 12.7. The number of hydrogen-bond donors (Lipinski definition) is 0. The molecule has 0 heterocycles. The maximum atomic E-state index is 10.7. The highest BCUT2D eigenvalue weighted by atomic mass is 31.1. The number of nitro benzene ring substituents is 1. The minimum atomic E-state index is -0.351. The fourth-order valence-electron chi connectivity index (χ4n) is 2.23. The molecule has 0 saturated carbocycles. The first-order valence-electron chi connectivity index (χ1n) is 8.61. The summed E-state index contributed by atoms with van der Waals surface area (Å²) >= 11 is 0. The van der Waals surface area contributed by atoms with Gasteiger partial charge >= 0.3 is 0 Å². The smallest absolute Gasteiger partial charge is 0.258 e. The van der Waals surface area contributed by atoms with E-state index in [4.69, 9.17) is 0 Å². The van der Waals surface area contributed by atoms with Gasteiger partial charge < -0.3 is 0 Å². The summed E-state index contributed by atoms with van der Waals surface area (Å²) in [6.07, 6.45) is 18.8. The van der Waals surface area contributed by atoms with Gasteiger partial charge in [-0.2, -0.15) is 0 Å². The summed E-state index contributed by atoms with van der Waals surface area (Å²) in [5, 5.41) is 11.9. The van der Waals surface area contributed by atoms with Crippen LogP contribution in [0.4, 0.5) is 5.69 Å².